The molecule has 1 aliphatic carbocycles. The molecule has 0 aliphatic heterocycles. The molecule has 2 atom stereocenters. The summed E-state index contributed by atoms with van der Waals surface area (Å²) in [5.74, 6) is -0.318. The number of halogens is 1. The van der Waals surface area contributed by atoms with Crippen LogP contribution in [-0.2, 0) is 0 Å². The predicted octanol–water partition coefficient (Wildman–Crippen LogP) is 0.938. The van der Waals surface area contributed by atoms with E-state index in [-0.39, 0.29) is 17.8 Å². The van der Waals surface area contributed by atoms with Crippen LogP contribution in [0.25, 0.3) is 0 Å². The van der Waals surface area contributed by atoms with E-state index in [0.29, 0.717) is 0 Å². The summed E-state index contributed by atoms with van der Waals surface area (Å²) in [5, 5.41) is 9.92. The summed E-state index contributed by atoms with van der Waals surface area (Å²) >= 11 is 0. The first kappa shape index (κ1) is 12.0. The van der Waals surface area contributed by atoms with Crippen LogP contribution in [0.1, 0.15) is 25.7 Å². The molecule has 1 aromatic rings. The standard InChI is InChI=1S/C11H17FN4O/c1-16(8-4-2-3-5-9(8)17)10-7(12)6-14-11(13)15-10/h6,8-9,17H,2-5H2,1H3,(H2,13,14,15). The SMILES string of the molecule is CN(c1nc(N)ncc1F)C1CCCCC1O. The summed E-state index contributed by atoms with van der Waals surface area (Å²) in [6, 6.07) is -0.104. The van der Waals surface area contributed by atoms with Gasteiger partial charge in [-0.1, -0.05) is 12.8 Å². The first-order chi connectivity index (χ1) is 8.09. The Morgan fingerprint density at radius 3 is 2.88 bits per heavy atom. The van der Waals surface area contributed by atoms with Crippen LogP contribution in [0.4, 0.5) is 16.2 Å². The molecule has 94 valence electrons. The second-order valence-electron chi connectivity index (χ2n) is 4.43. The highest BCUT2D eigenvalue weighted by Crippen LogP contribution is 2.26. The third kappa shape index (κ3) is 2.46. The number of aliphatic hydroxyl groups is 1. The molecule has 1 aliphatic rings. The molecule has 2 unspecified atom stereocenters. The topological polar surface area (TPSA) is 75.3 Å². The van der Waals surface area contributed by atoms with E-state index in [1.165, 1.54) is 0 Å². The summed E-state index contributed by atoms with van der Waals surface area (Å²) in [5.41, 5.74) is 5.45. The number of anilines is 2. The zero-order chi connectivity index (χ0) is 12.4. The Balaban J connectivity index is 2.23. The Hall–Kier alpha value is -1.43. The monoisotopic (exact) mass is 240 g/mol. The second-order valence-corrected chi connectivity index (χ2v) is 4.43. The summed E-state index contributed by atoms with van der Waals surface area (Å²) in [6.07, 6.45) is 4.25. The number of hydrogen-bond donors (Lipinski definition) is 2. The smallest absolute Gasteiger partial charge is 0.222 e. The van der Waals surface area contributed by atoms with Crippen molar-refractivity contribution in [1.82, 2.24) is 9.97 Å². The number of likely N-dealkylation sites (N-methyl/N-ethyl adjacent to an activating group) is 1. The molecule has 0 aromatic carbocycles. The lowest BCUT2D eigenvalue weighted by atomic mass is 9.91. The molecule has 0 spiro atoms. The predicted molar refractivity (Wildman–Crippen MR) is 63.1 cm³/mol. The van der Waals surface area contributed by atoms with Crippen molar-refractivity contribution < 1.29 is 9.50 Å². The van der Waals surface area contributed by atoms with Crippen molar-refractivity contribution in [3.05, 3.63) is 12.0 Å². The van der Waals surface area contributed by atoms with Crippen molar-refractivity contribution in [3.63, 3.8) is 0 Å². The minimum atomic E-state index is -0.514. The normalized spacial score (nSPS) is 24.6. The highest BCUT2D eigenvalue weighted by molar-refractivity contribution is 5.43. The van der Waals surface area contributed by atoms with E-state index in [1.54, 1.807) is 11.9 Å². The summed E-state index contributed by atoms with van der Waals surface area (Å²) in [7, 11) is 1.73. The third-order valence-corrected chi connectivity index (χ3v) is 3.27. The molecule has 2 rings (SSSR count). The van der Waals surface area contributed by atoms with Crippen LogP contribution in [0.15, 0.2) is 6.20 Å². The van der Waals surface area contributed by atoms with Gasteiger partial charge in [0, 0.05) is 7.05 Å². The van der Waals surface area contributed by atoms with Crippen LogP contribution in [0, 0.1) is 5.82 Å². The van der Waals surface area contributed by atoms with Crippen molar-refractivity contribution in [2.24, 2.45) is 0 Å². The van der Waals surface area contributed by atoms with Gasteiger partial charge in [0.05, 0.1) is 18.3 Å². The number of nitrogen functional groups attached to an aromatic ring is 1. The molecule has 5 nitrogen and oxygen atoms in total. The molecular weight excluding hydrogens is 223 g/mol. The minimum Gasteiger partial charge on any atom is -0.391 e. The van der Waals surface area contributed by atoms with Crippen molar-refractivity contribution in [2.45, 2.75) is 37.8 Å². The Kier molecular flexibility index (Phi) is 3.42. The number of nitrogens with zero attached hydrogens (tertiary/aromatic N) is 3. The number of nitrogens with two attached hydrogens (primary N) is 1. The zero-order valence-corrected chi connectivity index (χ0v) is 9.80. The van der Waals surface area contributed by atoms with Crippen molar-refractivity contribution in [2.75, 3.05) is 17.7 Å². The third-order valence-electron chi connectivity index (χ3n) is 3.27. The fourth-order valence-electron chi connectivity index (χ4n) is 2.32. The number of hydrogen-bond acceptors (Lipinski definition) is 5. The van der Waals surface area contributed by atoms with Gasteiger partial charge in [-0.3, -0.25) is 0 Å². The number of aliphatic hydroxyl groups excluding tert-OH is 1. The maximum Gasteiger partial charge on any atom is 0.222 e. The lowest BCUT2D eigenvalue weighted by Gasteiger charge is -2.35. The highest BCUT2D eigenvalue weighted by Gasteiger charge is 2.28. The maximum absolute atomic E-state index is 13.6. The van der Waals surface area contributed by atoms with Gasteiger partial charge >= 0.3 is 0 Å². The number of rotatable bonds is 2. The largest absolute Gasteiger partial charge is 0.391 e. The van der Waals surface area contributed by atoms with E-state index < -0.39 is 11.9 Å². The Morgan fingerprint density at radius 2 is 2.18 bits per heavy atom. The average molecular weight is 240 g/mol. The average Bonchev–Trinajstić information content (AvgIpc) is 2.32. The van der Waals surface area contributed by atoms with Crippen LogP contribution >= 0.6 is 0 Å². The molecule has 1 saturated carbocycles. The quantitative estimate of drug-likeness (QED) is 0.804. The van der Waals surface area contributed by atoms with Gasteiger partial charge < -0.3 is 15.7 Å². The molecule has 17 heavy (non-hydrogen) atoms. The Bertz CT molecular complexity index is 401. The summed E-state index contributed by atoms with van der Waals surface area (Å²) in [6.45, 7) is 0. The Morgan fingerprint density at radius 1 is 1.47 bits per heavy atom. The van der Waals surface area contributed by atoms with Gasteiger partial charge in [0.2, 0.25) is 5.95 Å². The molecule has 0 radical (unpaired) electrons. The van der Waals surface area contributed by atoms with Crippen molar-refractivity contribution in [1.29, 1.82) is 0 Å². The highest BCUT2D eigenvalue weighted by atomic mass is 19.1. The summed E-state index contributed by atoms with van der Waals surface area (Å²) in [4.78, 5) is 9.14. The van der Waals surface area contributed by atoms with Crippen LogP contribution in [0.3, 0.4) is 0 Å². The molecule has 1 fully saturated rings. The molecule has 0 saturated heterocycles. The van der Waals surface area contributed by atoms with Gasteiger partial charge in [-0.25, -0.2) is 9.37 Å². The van der Waals surface area contributed by atoms with E-state index in [4.69, 9.17) is 5.73 Å². The van der Waals surface area contributed by atoms with Gasteiger partial charge in [0.1, 0.15) is 0 Å². The molecule has 1 heterocycles. The van der Waals surface area contributed by atoms with Crippen LogP contribution in [0.2, 0.25) is 0 Å². The molecule has 0 amide bonds. The first-order valence-electron chi connectivity index (χ1n) is 5.78. The molecular formula is C11H17FN4O. The van der Waals surface area contributed by atoms with Crippen LogP contribution in [0.5, 0.6) is 0 Å². The zero-order valence-electron chi connectivity index (χ0n) is 9.80. The van der Waals surface area contributed by atoms with Crippen LogP contribution in [-0.4, -0.2) is 34.3 Å². The van der Waals surface area contributed by atoms with Crippen LogP contribution < -0.4 is 10.6 Å². The van der Waals surface area contributed by atoms with Gasteiger partial charge in [-0.05, 0) is 12.8 Å². The first-order valence-corrected chi connectivity index (χ1v) is 5.78. The van der Waals surface area contributed by atoms with Gasteiger partial charge in [-0.2, -0.15) is 4.98 Å². The fourth-order valence-corrected chi connectivity index (χ4v) is 2.32. The Labute approximate surface area is 99.5 Å². The minimum absolute atomic E-state index is 0.0403. The van der Waals surface area contributed by atoms with E-state index in [1.807, 2.05) is 0 Å². The van der Waals surface area contributed by atoms with E-state index in [0.717, 1.165) is 31.9 Å². The molecule has 6 heteroatoms. The van der Waals surface area contributed by atoms with E-state index in [2.05, 4.69) is 9.97 Å². The van der Waals surface area contributed by atoms with E-state index in [9.17, 15) is 9.50 Å². The van der Waals surface area contributed by atoms with Crippen molar-refractivity contribution >= 4 is 11.8 Å². The van der Waals surface area contributed by atoms with Gasteiger partial charge in [0.15, 0.2) is 11.6 Å². The van der Waals surface area contributed by atoms with Gasteiger partial charge in [-0.15, -0.1) is 0 Å². The molecule has 3 N–H and O–H groups in total. The fraction of sp³-hybridized carbons (Fsp3) is 0.636. The second kappa shape index (κ2) is 4.83. The van der Waals surface area contributed by atoms with Crippen molar-refractivity contribution in [3.8, 4) is 0 Å². The molecule has 0 bridgehead atoms. The summed E-state index contributed by atoms with van der Waals surface area (Å²) < 4.78 is 13.6. The maximum atomic E-state index is 13.6. The molecule has 1 aromatic heterocycles. The lowest BCUT2D eigenvalue weighted by Crippen LogP contribution is -2.44. The van der Waals surface area contributed by atoms with E-state index >= 15 is 0 Å². The number of aromatic nitrogens is 2. The lowest BCUT2D eigenvalue weighted by molar-refractivity contribution is 0.105. The van der Waals surface area contributed by atoms with Gasteiger partial charge in [0.25, 0.3) is 0 Å².